The van der Waals surface area contributed by atoms with E-state index in [1.165, 1.54) is 0 Å². The zero-order valence-electron chi connectivity index (χ0n) is 11.0. The molecule has 2 aromatic rings. The molecule has 1 aromatic carbocycles. The highest BCUT2D eigenvalue weighted by Crippen LogP contribution is 2.22. The highest BCUT2D eigenvalue weighted by atomic mass is 79.9. The Labute approximate surface area is 134 Å². The van der Waals surface area contributed by atoms with Crippen molar-refractivity contribution in [1.82, 2.24) is 5.32 Å². The predicted molar refractivity (Wildman–Crippen MR) is 86.5 cm³/mol. The maximum absolute atomic E-state index is 11.9. The summed E-state index contributed by atoms with van der Waals surface area (Å²) in [5.41, 5.74) is 6.96. The van der Waals surface area contributed by atoms with Crippen LogP contribution in [-0.2, 0) is 17.8 Å². The van der Waals surface area contributed by atoms with Crippen LogP contribution < -0.4 is 11.1 Å². The number of nitrogens with one attached hydrogen (secondary N) is 1. The number of amides is 1. The smallest absolute Gasteiger partial charge is 0.224 e. The molecule has 0 bridgehead atoms. The van der Waals surface area contributed by atoms with Gasteiger partial charge in [-0.3, -0.25) is 4.79 Å². The van der Waals surface area contributed by atoms with Gasteiger partial charge in [-0.1, -0.05) is 29.4 Å². The van der Waals surface area contributed by atoms with E-state index in [1.54, 1.807) is 35.6 Å². The molecule has 0 saturated heterocycles. The van der Waals surface area contributed by atoms with E-state index in [0.717, 1.165) is 14.9 Å². The predicted octanol–water partition coefficient (Wildman–Crippen LogP) is 2.46. The summed E-state index contributed by atoms with van der Waals surface area (Å²) < 4.78 is 1.01. The lowest BCUT2D eigenvalue weighted by Crippen LogP contribution is -2.24. The molecule has 0 unspecified atom stereocenters. The topological polar surface area (TPSA) is 87.7 Å². The fourth-order valence-electron chi connectivity index (χ4n) is 1.73. The maximum Gasteiger partial charge on any atom is 0.224 e. The van der Waals surface area contributed by atoms with Gasteiger partial charge < -0.3 is 16.3 Å². The highest BCUT2D eigenvalue weighted by Gasteiger charge is 2.07. The van der Waals surface area contributed by atoms with Gasteiger partial charge in [-0.25, -0.2) is 0 Å². The summed E-state index contributed by atoms with van der Waals surface area (Å²) >= 11 is 5.02. The Hall–Kier alpha value is -1.86. The SMILES string of the molecule is N/C(=N/O)c1ccc(CC(=O)NCc2sccc2Br)cc1. The molecule has 0 radical (unpaired) electrons. The molecule has 1 amide bonds. The zero-order valence-corrected chi connectivity index (χ0v) is 13.4. The van der Waals surface area contributed by atoms with Crippen LogP contribution in [0.5, 0.6) is 0 Å². The monoisotopic (exact) mass is 367 g/mol. The summed E-state index contributed by atoms with van der Waals surface area (Å²) in [4.78, 5) is 13.0. The molecule has 0 aliphatic heterocycles. The summed E-state index contributed by atoms with van der Waals surface area (Å²) in [5, 5.41) is 16.4. The van der Waals surface area contributed by atoms with Crippen LogP contribution in [-0.4, -0.2) is 17.0 Å². The van der Waals surface area contributed by atoms with Crippen LogP contribution >= 0.6 is 27.3 Å². The number of halogens is 1. The van der Waals surface area contributed by atoms with Crippen molar-refractivity contribution in [3.05, 3.63) is 56.2 Å². The standard InChI is InChI=1S/C14H14BrN3O2S/c15-11-5-6-21-12(11)8-17-13(19)7-9-1-3-10(4-2-9)14(16)18-20/h1-6,20H,7-8H2,(H2,16,18)(H,17,19). The van der Waals surface area contributed by atoms with Gasteiger partial charge in [0.05, 0.1) is 13.0 Å². The molecule has 0 spiro atoms. The first-order valence-corrected chi connectivity index (χ1v) is 7.83. The Morgan fingerprint density at radius 2 is 2.05 bits per heavy atom. The van der Waals surface area contributed by atoms with E-state index in [2.05, 4.69) is 26.4 Å². The van der Waals surface area contributed by atoms with Crippen molar-refractivity contribution >= 4 is 39.0 Å². The number of oxime groups is 1. The Kier molecular flexibility index (Phi) is 5.35. The van der Waals surface area contributed by atoms with Crippen LogP contribution in [0.3, 0.4) is 0 Å². The first-order chi connectivity index (χ1) is 10.1. The van der Waals surface area contributed by atoms with Crippen LogP contribution in [0.1, 0.15) is 16.0 Å². The third-order valence-electron chi connectivity index (χ3n) is 2.86. The lowest BCUT2D eigenvalue weighted by Gasteiger charge is -2.05. The molecule has 2 rings (SSSR count). The Balaban J connectivity index is 1.89. The first-order valence-electron chi connectivity index (χ1n) is 6.15. The third kappa shape index (κ3) is 4.30. The molecular formula is C14H14BrN3O2S. The van der Waals surface area contributed by atoms with Crippen LogP contribution in [0, 0.1) is 0 Å². The van der Waals surface area contributed by atoms with E-state index < -0.39 is 0 Å². The van der Waals surface area contributed by atoms with Gasteiger partial charge >= 0.3 is 0 Å². The molecule has 5 nitrogen and oxygen atoms in total. The zero-order chi connectivity index (χ0) is 15.2. The average molecular weight is 368 g/mol. The summed E-state index contributed by atoms with van der Waals surface area (Å²) in [5.74, 6) is 0.000365. The lowest BCUT2D eigenvalue weighted by molar-refractivity contribution is -0.120. The van der Waals surface area contributed by atoms with Gasteiger partial charge in [0.15, 0.2) is 5.84 Å². The Morgan fingerprint density at radius 1 is 1.33 bits per heavy atom. The van der Waals surface area contributed by atoms with E-state index in [0.29, 0.717) is 18.5 Å². The van der Waals surface area contributed by atoms with Gasteiger partial charge in [-0.05, 0) is 32.9 Å². The third-order valence-corrected chi connectivity index (χ3v) is 4.79. The van der Waals surface area contributed by atoms with Crippen molar-refractivity contribution in [2.45, 2.75) is 13.0 Å². The van der Waals surface area contributed by atoms with Gasteiger partial charge in [-0.2, -0.15) is 0 Å². The van der Waals surface area contributed by atoms with E-state index >= 15 is 0 Å². The summed E-state index contributed by atoms with van der Waals surface area (Å²) in [6, 6.07) is 8.96. The fraction of sp³-hybridized carbons (Fsp3) is 0.143. The first kappa shape index (κ1) is 15.5. The van der Waals surface area contributed by atoms with Crippen molar-refractivity contribution in [2.75, 3.05) is 0 Å². The second-order valence-electron chi connectivity index (χ2n) is 4.33. The van der Waals surface area contributed by atoms with Crippen LogP contribution in [0.25, 0.3) is 0 Å². The number of nitrogens with zero attached hydrogens (tertiary/aromatic N) is 1. The lowest BCUT2D eigenvalue weighted by atomic mass is 10.1. The summed E-state index contributed by atoms with van der Waals surface area (Å²) in [6.45, 7) is 0.513. The number of thiophene rings is 1. The number of hydrogen-bond acceptors (Lipinski definition) is 4. The van der Waals surface area contributed by atoms with Crippen molar-refractivity contribution in [3.63, 3.8) is 0 Å². The molecule has 0 aliphatic carbocycles. The largest absolute Gasteiger partial charge is 0.409 e. The average Bonchev–Trinajstić information content (AvgIpc) is 2.90. The minimum Gasteiger partial charge on any atom is -0.409 e. The van der Waals surface area contributed by atoms with Gasteiger partial charge in [0, 0.05) is 14.9 Å². The number of nitrogens with two attached hydrogens (primary N) is 1. The maximum atomic E-state index is 11.9. The van der Waals surface area contributed by atoms with Crippen LogP contribution in [0.2, 0.25) is 0 Å². The molecule has 1 aromatic heterocycles. The molecule has 4 N–H and O–H groups in total. The molecular weight excluding hydrogens is 354 g/mol. The minimum atomic E-state index is -0.0492. The van der Waals surface area contributed by atoms with Gasteiger partial charge in [0.1, 0.15) is 0 Å². The second kappa shape index (κ2) is 7.24. The van der Waals surface area contributed by atoms with Gasteiger partial charge in [0.2, 0.25) is 5.91 Å². The fourth-order valence-corrected chi connectivity index (χ4v) is 3.16. The van der Waals surface area contributed by atoms with Crippen LogP contribution in [0.15, 0.2) is 45.3 Å². The molecule has 0 fully saturated rings. The van der Waals surface area contributed by atoms with E-state index in [9.17, 15) is 4.79 Å². The van der Waals surface area contributed by atoms with Gasteiger partial charge in [0.25, 0.3) is 0 Å². The van der Waals surface area contributed by atoms with Crippen molar-refractivity contribution in [1.29, 1.82) is 0 Å². The number of amidine groups is 1. The number of hydrogen-bond donors (Lipinski definition) is 3. The summed E-state index contributed by atoms with van der Waals surface area (Å²) in [7, 11) is 0. The number of carbonyl (C=O) groups excluding carboxylic acids is 1. The normalized spacial score (nSPS) is 11.4. The quantitative estimate of drug-likeness (QED) is 0.328. The highest BCUT2D eigenvalue weighted by molar-refractivity contribution is 9.10. The van der Waals surface area contributed by atoms with E-state index in [-0.39, 0.29) is 11.7 Å². The number of benzene rings is 1. The molecule has 1 heterocycles. The summed E-state index contributed by atoms with van der Waals surface area (Å²) in [6.07, 6.45) is 0.291. The van der Waals surface area contributed by atoms with Crippen molar-refractivity contribution in [3.8, 4) is 0 Å². The number of rotatable bonds is 5. The van der Waals surface area contributed by atoms with Gasteiger partial charge in [-0.15, -0.1) is 11.3 Å². The Bertz CT molecular complexity index is 652. The molecule has 21 heavy (non-hydrogen) atoms. The molecule has 0 atom stereocenters. The molecule has 0 saturated carbocycles. The van der Waals surface area contributed by atoms with E-state index in [1.807, 2.05) is 11.4 Å². The molecule has 110 valence electrons. The minimum absolute atomic E-state index is 0.0492. The Morgan fingerprint density at radius 3 is 2.62 bits per heavy atom. The van der Waals surface area contributed by atoms with Crippen molar-refractivity contribution in [2.24, 2.45) is 10.9 Å². The molecule has 7 heteroatoms. The van der Waals surface area contributed by atoms with Crippen LogP contribution in [0.4, 0.5) is 0 Å². The number of carbonyl (C=O) groups is 1. The van der Waals surface area contributed by atoms with Crippen molar-refractivity contribution < 1.29 is 10.0 Å². The molecule has 0 aliphatic rings. The second-order valence-corrected chi connectivity index (χ2v) is 6.18. The van der Waals surface area contributed by atoms with E-state index in [4.69, 9.17) is 10.9 Å².